The largest absolute Gasteiger partial charge is 0.380 e. The van der Waals surface area contributed by atoms with Crippen LogP contribution in [0.3, 0.4) is 0 Å². The number of nitrogens with zero attached hydrogens (tertiary/aromatic N) is 2. The number of carbonyl (C=O) groups is 3. The lowest BCUT2D eigenvalue weighted by Crippen LogP contribution is -2.41. The minimum atomic E-state index is -0.966. The molecule has 1 unspecified atom stereocenters. The second-order valence-electron chi connectivity index (χ2n) is 8.13. The van der Waals surface area contributed by atoms with Crippen molar-refractivity contribution in [3.05, 3.63) is 57.1 Å². The van der Waals surface area contributed by atoms with Gasteiger partial charge < -0.3 is 10.1 Å². The lowest BCUT2D eigenvalue weighted by molar-refractivity contribution is -0.134. The van der Waals surface area contributed by atoms with Crippen molar-refractivity contribution in [1.29, 1.82) is 0 Å². The Balaban J connectivity index is 1.70. The molecule has 1 atom stereocenters. The smallest absolute Gasteiger partial charge is 0.234 e. The van der Waals surface area contributed by atoms with Crippen LogP contribution in [0, 0.1) is 0 Å². The topological polar surface area (TPSA) is 110 Å². The molecule has 0 bridgehead atoms. The molecule has 10 heteroatoms. The first kappa shape index (κ1) is 24.1. The van der Waals surface area contributed by atoms with Crippen molar-refractivity contribution in [2.75, 3.05) is 7.11 Å². The van der Waals surface area contributed by atoms with E-state index in [4.69, 9.17) is 27.9 Å². The third-order valence-corrected chi connectivity index (χ3v) is 5.95. The number of methoxy groups -OCH3 is 1. The molecule has 0 radical (unpaired) electrons. The summed E-state index contributed by atoms with van der Waals surface area (Å²) >= 11 is 12.8. The third-order valence-electron chi connectivity index (χ3n) is 5.32. The van der Waals surface area contributed by atoms with E-state index in [0.717, 1.165) is 5.56 Å². The molecule has 0 aliphatic carbocycles. The number of aromatic nitrogens is 2. The Morgan fingerprint density at radius 3 is 2.38 bits per heavy atom. The molecule has 1 aromatic heterocycles. The van der Waals surface area contributed by atoms with E-state index in [1.165, 1.54) is 0 Å². The summed E-state index contributed by atoms with van der Waals surface area (Å²) in [5.74, 6) is -1.19. The van der Waals surface area contributed by atoms with E-state index >= 15 is 0 Å². The number of benzene rings is 1. The molecule has 1 aliphatic heterocycles. The van der Waals surface area contributed by atoms with Gasteiger partial charge in [-0.3, -0.25) is 19.7 Å². The van der Waals surface area contributed by atoms with Crippen molar-refractivity contribution in [3.8, 4) is 0 Å². The van der Waals surface area contributed by atoms with Crippen LogP contribution in [0.25, 0.3) is 0 Å². The first-order valence-corrected chi connectivity index (χ1v) is 10.8. The van der Waals surface area contributed by atoms with Gasteiger partial charge in [0.05, 0.1) is 12.5 Å². The maximum Gasteiger partial charge on any atom is 0.234 e. The number of nitrogens with one attached hydrogen (secondary N) is 2. The summed E-state index contributed by atoms with van der Waals surface area (Å²) in [5, 5.41) is 5.79. The number of hydrogen-bond acceptors (Lipinski definition) is 6. The maximum atomic E-state index is 12.8. The van der Waals surface area contributed by atoms with Gasteiger partial charge >= 0.3 is 0 Å². The second kappa shape index (κ2) is 9.94. The fourth-order valence-electron chi connectivity index (χ4n) is 3.46. The maximum absolute atomic E-state index is 12.8. The predicted octanol–water partition coefficient (Wildman–Crippen LogP) is 3.04. The summed E-state index contributed by atoms with van der Waals surface area (Å²) < 4.78 is 5.05. The molecule has 2 N–H and O–H groups in total. The molecule has 1 aromatic carbocycles. The van der Waals surface area contributed by atoms with Crippen molar-refractivity contribution in [2.24, 2.45) is 0 Å². The molecule has 0 saturated carbocycles. The monoisotopic (exact) mass is 478 g/mol. The summed E-state index contributed by atoms with van der Waals surface area (Å²) in [6, 6.07) is 3.32. The zero-order valence-corrected chi connectivity index (χ0v) is 19.5. The van der Waals surface area contributed by atoms with Gasteiger partial charge in [-0.05, 0) is 38.0 Å². The minimum Gasteiger partial charge on any atom is -0.380 e. The highest BCUT2D eigenvalue weighted by Gasteiger charge is 2.33. The quantitative estimate of drug-likeness (QED) is 0.591. The highest BCUT2D eigenvalue weighted by atomic mass is 35.5. The molecule has 1 fully saturated rings. The molecule has 2 aromatic rings. The number of imide groups is 1. The van der Waals surface area contributed by atoms with Gasteiger partial charge in [0.2, 0.25) is 17.7 Å². The van der Waals surface area contributed by atoms with E-state index in [0.29, 0.717) is 40.0 Å². The van der Waals surface area contributed by atoms with E-state index in [2.05, 4.69) is 20.6 Å². The molecule has 1 saturated heterocycles. The van der Waals surface area contributed by atoms with Crippen LogP contribution in [0.4, 0.5) is 0 Å². The minimum absolute atomic E-state index is 0.180. The van der Waals surface area contributed by atoms with Crippen molar-refractivity contribution in [2.45, 2.75) is 51.2 Å². The van der Waals surface area contributed by atoms with E-state index in [9.17, 15) is 14.4 Å². The predicted molar refractivity (Wildman–Crippen MR) is 119 cm³/mol. The molecule has 1 aliphatic rings. The Hall–Kier alpha value is -2.55. The zero-order valence-electron chi connectivity index (χ0n) is 18.0. The Kier molecular flexibility index (Phi) is 7.48. The first-order valence-electron chi connectivity index (χ1n) is 10.0. The fraction of sp³-hybridized carbons (Fsp3) is 0.409. The molecule has 2 heterocycles. The van der Waals surface area contributed by atoms with Crippen molar-refractivity contribution in [1.82, 2.24) is 20.6 Å². The number of hydrogen-bond donors (Lipinski definition) is 2. The van der Waals surface area contributed by atoms with Gasteiger partial charge in [-0.2, -0.15) is 0 Å². The second-order valence-corrected chi connectivity index (χ2v) is 8.95. The average Bonchev–Trinajstić information content (AvgIpc) is 2.73. The van der Waals surface area contributed by atoms with Gasteiger partial charge in [-0.15, -0.1) is 0 Å². The van der Waals surface area contributed by atoms with Crippen molar-refractivity contribution >= 4 is 40.9 Å². The van der Waals surface area contributed by atoms with Crippen LogP contribution < -0.4 is 10.6 Å². The normalized spacial score (nSPS) is 16.6. The lowest BCUT2D eigenvalue weighted by atomic mass is 9.89. The molecule has 3 rings (SSSR count). The van der Waals surface area contributed by atoms with Gasteiger partial charge in [0, 0.05) is 53.6 Å². The summed E-state index contributed by atoms with van der Waals surface area (Å²) in [4.78, 5) is 45.0. The highest BCUT2D eigenvalue weighted by molar-refractivity contribution is 6.36. The van der Waals surface area contributed by atoms with E-state index in [1.807, 2.05) is 0 Å². The molecule has 0 spiro atoms. The number of carbonyl (C=O) groups excluding carboxylic acids is 3. The van der Waals surface area contributed by atoms with Crippen LogP contribution in [0.2, 0.25) is 10.0 Å². The highest BCUT2D eigenvalue weighted by Crippen LogP contribution is 2.37. The summed E-state index contributed by atoms with van der Waals surface area (Å²) in [6.07, 6.45) is 3.84. The number of ether oxygens (including phenoxy) is 1. The van der Waals surface area contributed by atoms with Gasteiger partial charge in [0.1, 0.15) is 11.2 Å². The fourth-order valence-corrected chi connectivity index (χ4v) is 4.26. The summed E-state index contributed by atoms with van der Waals surface area (Å²) in [6.45, 7) is 4.04. The van der Waals surface area contributed by atoms with Crippen LogP contribution in [0.15, 0.2) is 24.5 Å². The van der Waals surface area contributed by atoms with Gasteiger partial charge in [0.15, 0.2) is 0 Å². The summed E-state index contributed by atoms with van der Waals surface area (Å²) in [5.41, 5.74) is 1.01. The SMILES string of the molecule is COCc1cnc(C(C)(C)C(=O)NCc2cc(Cl)c(C3CCC(=O)NC3=O)c(Cl)c2)nc1. The number of piperidine rings is 1. The molecule has 170 valence electrons. The molecule has 32 heavy (non-hydrogen) atoms. The van der Waals surface area contributed by atoms with E-state index < -0.39 is 17.2 Å². The van der Waals surface area contributed by atoms with Crippen LogP contribution in [0.5, 0.6) is 0 Å². The van der Waals surface area contributed by atoms with E-state index in [1.54, 1.807) is 45.5 Å². The van der Waals surface area contributed by atoms with Gasteiger partial charge in [-0.25, -0.2) is 9.97 Å². The molecule has 8 nitrogen and oxygen atoms in total. The third kappa shape index (κ3) is 5.26. The lowest BCUT2D eigenvalue weighted by Gasteiger charge is -2.24. The van der Waals surface area contributed by atoms with Crippen molar-refractivity contribution in [3.63, 3.8) is 0 Å². The molecule has 3 amide bonds. The number of halogens is 2. The van der Waals surface area contributed by atoms with E-state index in [-0.39, 0.29) is 24.8 Å². The van der Waals surface area contributed by atoms with Crippen molar-refractivity contribution < 1.29 is 19.1 Å². The Morgan fingerprint density at radius 2 is 1.81 bits per heavy atom. The molecular weight excluding hydrogens is 455 g/mol. The number of amides is 3. The Labute approximate surface area is 196 Å². The molecular formula is C22H24Cl2N4O4. The van der Waals surface area contributed by atoms with Crippen LogP contribution in [-0.2, 0) is 37.7 Å². The number of rotatable bonds is 7. The average molecular weight is 479 g/mol. The zero-order chi connectivity index (χ0) is 23.5. The Morgan fingerprint density at radius 1 is 1.19 bits per heavy atom. The van der Waals surface area contributed by atoms with Crippen LogP contribution in [0.1, 0.15) is 55.1 Å². The Bertz CT molecular complexity index is 1020. The van der Waals surface area contributed by atoms with Crippen LogP contribution >= 0.6 is 23.2 Å². The first-order chi connectivity index (χ1) is 15.1. The standard InChI is InChI=1S/C22H24Cl2N4O4/c1-22(2,20-25-9-13(10-26-20)11-32-3)21(31)27-8-12-6-15(23)18(16(24)7-12)14-4-5-17(29)28-19(14)30/h6-7,9-10,14H,4-5,8,11H2,1-3H3,(H,27,31)(H,28,29,30). The van der Waals surface area contributed by atoms with Crippen LogP contribution in [-0.4, -0.2) is 34.8 Å². The van der Waals surface area contributed by atoms with Gasteiger partial charge in [-0.1, -0.05) is 23.2 Å². The van der Waals surface area contributed by atoms with Gasteiger partial charge in [0.25, 0.3) is 0 Å². The summed E-state index contributed by atoms with van der Waals surface area (Å²) in [7, 11) is 1.58.